The maximum atomic E-state index is 10.9. The Hall–Kier alpha value is -1.66. The van der Waals surface area contributed by atoms with E-state index in [4.69, 9.17) is 10.2 Å². The van der Waals surface area contributed by atoms with Gasteiger partial charge in [-0.05, 0) is 13.8 Å². The van der Waals surface area contributed by atoms with E-state index in [0.717, 1.165) is 0 Å². The first kappa shape index (κ1) is 13.3. The van der Waals surface area contributed by atoms with Gasteiger partial charge in [-0.1, -0.05) is 13.2 Å². The summed E-state index contributed by atoms with van der Waals surface area (Å²) in [6.07, 6.45) is -3.31. The van der Waals surface area contributed by atoms with Crippen LogP contribution in [0.3, 0.4) is 0 Å². The second-order valence-corrected chi connectivity index (χ2v) is 2.89. The van der Waals surface area contributed by atoms with Crippen molar-refractivity contribution in [2.75, 3.05) is 0 Å². The zero-order valence-corrected chi connectivity index (χ0v) is 8.44. The SMILES string of the molecule is C=C(C)C(=O)OC(O)(O)OC(=O)C(=C)C. The van der Waals surface area contributed by atoms with Gasteiger partial charge in [0.15, 0.2) is 0 Å². The molecule has 0 fully saturated rings. The lowest BCUT2D eigenvalue weighted by atomic mass is 10.4. The molecule has 15 heavy (non-hydrogen) atoms. The number of rotatable bonds is 4. The third-order valence-corrected chi connectivity index (χ3v) is 1.15. The minimum atomic E-state index is -3.31. The van der Waals surface area contributed by atoms with E-state index in [9.17, 15) is 9.59 Å². The highest BCUT2D eigenvalue weighted by molar-refractivity contribution is 5.88. The summed E-state index contributed by atoms with van der Waals surface area (Å²) in [6.45, 7) is 8.98. The van der Waals surface area contributed by atoms with Crippen LogP contribution in [0.1, 0.15) is 13.8 Å². The average molecular weight is 216 g/mol. The largest absolute Gasteiger partial charge is 0.509 e. The number of esters is 2. The monoisotopic (exact) mass is 216 g/mol. The molecule has 0 bridgehead atoms. The molecule has 0 saturated carbocycles. The van der Waals surface area contributed by atoms with Gasteiger partial charge in [-0.3, -0.25) is 10.2 Å². The standard InChI is InChI=1S/C9H12O6/c1-5(2)7(10)14-9(12,13)15-8(11)6(3)4/h12-13H,1,3H2,2,4H3. The van der Waals surface area contributed by atoms with E-state index in [0.29, 0.717) is 0 Å². The molecule has 2 N–H and O–H groups in total. The predicted molar refractivity (Wildman–Crippen MR) is 49.0 cm³/mol. The molecule has 0 aromatic rings. The van der Waals surface area contributed by atoms with Crippen molar-refractivity contribution in [2.24, 2.45) is 0 Å². The van der Waals surface area contributed by atoms with Crippen LogP contribution in [-0.4, -0.2) is 28.3 Å². The zero-order valence-electron chi connectivity index (χ0n) is 8.44. The number of ether oxygens (including phenoxy) is 2. The Morgan fingerprint density at radius 3 is 1.47 bits per heavy atom. The van der Waals surface area contributed by atoms with Gasteiger partial charge in [-0.25, -0.2) is 9.59 Å². The Labute approximate surface area is 86.4 Å². The Balaban J connectivity index is 4.43. The second-order valence-electron chi connectivity index (χ2n) is 2.89. The topological polar surface area (TPSA) is 93.1 Å². The van der Waals surface area contributed by atoms with Gasteiger partial charge in [-0.15, -0.1) is 0 Å². The molecule has 84 valence electrons. The number of hydrogen-bond acceptors (Lipinski definition) is 6. The molecule has 0 amide bonds. The normalized spacial score (nSPS) is 10.4. The highest BCUT2D eigenvalue weighted by Gasteiger charge is 2.34. The molecular formula is C9H12O6. The Morgan fingerprint density at radius 1 is 1.00 bits per heavy atom. The summed E-state index contributed by atoms with van der Waals surface area (Å²) in [5, 5.41) is 17.9. The molecule has 0 aliphatic rings. The minimum absolute atomic E-state index is 0.0751. The van der Waals surface area contributed by atoms with Crippen molar-refractivity contribution in [3.63, 3.8) is 0 Å². The lowest BCUT2D eigenvalue weighted by molar-refractivity contribution is -0.432. The van der Waals surface area contributed by atoms with Crippen LogP contribution >= 0.6 is 0 Å². The van der Waals surface area contributed by atoms with Gasteiger partial charge in [0.2, 0.25) is 0 Å². The smallest absolute Gasteiger partial charge is 0.370 e. The van der Waals surface area contributed by atoms with Crippen molar-refractivity contribution in [1.82, 2.24) is 0 Å². The van der Waals surface area contributed by atoms with E-state index in [1.807, 2.05) is 0 Å². The van der Waals surface area contributed by atoms with Gasteiger partial charge in [0.05, 0.1) is 0 Å². The number of aliphatic hydroxyl groups is 2. The van der Waals surface area contributed by atoms with Crippen LogP contribution in [0.15, 0.2) is 24.3 Å². The van der Waals surface area contributed by atoms with Gasteiger partial charge < -0.3 is 9.47 Å². The van der Waals surface area contributed by atoms with Crippen LogP contribution in [0, 0.1) is 0 Å². The molecule has 0 unspecified atom stereocenters. The molecular weight excluding hydrogens is 204 g/mol. The summed E-state index contributed by atoms with van der Waals surface area (Å²) in [7, 11) is 0. The number of carbonyl (C=O) groups is 2. The first-order valence-electron chi connectivity index (χ1n) is 3.88. The van der Waals surface area contributed by atoms with Crippen molar-refractivity contribution >= 4 is 11.9 Å². The molecule has 0 spiro atoms. The van der Waals surface area contributed by atoms with Gasteiger partial charge in [-0.2, -0.15) is 0 Å². The number of carbonyl (C=O) groups excluding carboxylic acids is 2. The average Bonchev–Trinajstić information content (AvgIpc) is 2.01. The lowest BCUT2D eigenvalue weighted by Crippen LogP contribution is -2.40. The van der Waals surface area contributed by atoms with Crippen molar-refractivity contribution in [3.05, 3.63) is 24.3 Å². The first-order valence-corrected chi connectivity index (χ1v) is 3.88. The van der Waals surface area contributed by atoms with E-state index in [1.54, 1.807) is 0 Å². The highest BCUT2D eigenvalue weighted by Crippen LogP contribution is 2.10. The second kappa shape index (κ2) is 4.72. The fourth-order valence-corrected chi connectivity index (χ4v) is 0.437. The van der Waals surface area contributed by atoms with E-state index in [2.05, 4.69) is 22.6 Å². The third-order valence-electron chi connectivity index (χ3n) is 1.15. The quantitative estimate of drug-likeness (QED) is 0.384. The molecule has 0 aromatic heterocycles. The lowest BCUT2D eigenvalue weighted by Gasteiger charge is -2.19. The van der Waals surface area contributed by atoms with Crippen LogP contribution in [0.25, 0.3) is 0 Å². The highest BCUT2D eigenvalue weighted by atomic mass is 17.0. The number of hydrogen-bond donors (Lipinski definition) is 2. The Bertz CT molecular complexity index is 285. The fraction of sp³-hybridized carbons (Fsp3) is 0.333. The summed E-state index contributed by atoms with van der Waals surface area (Å²) >= 11 is 0. The van der Waals surface area contributed by atoms with Crippen molar-refractivity contribution < 1.29 is 29.3 Å². The summed E-state index contributed by atoms with van der Waals surface area (Å²) in [6, 6.07) is 0. The molecule has 0 radical (unpaired) electrons. The van der Waals surface area contributed by atoms with Crippen LogP contribution in [0.5, 0.6) is 0 Å². The maximum absolute atomic E-state index is 10.9. The molecule has 0 aliphatic carbocycles. The molecule has 0 atom stereocenters. The molecule has 6 nitrogen and oxygen atoms in total. The predicted octanol–water partition coefficient (Wildman–Crippen LogP) is -0.179. The van der Waals surface area contributed by atoms with E-state index in [1.165, 1.54) is 13.8 Å². The van der Waals surface area contributed by atoms with Crippen LogP contribution < -0.4 is 0 Å². The van der Waals surface area contributed by atoms with Gasteiger partial charge in [0, 0.05) is 11.1 Å². The maximum Gasteiger partial charge on any atom is 0.509 e. The fourth-order valence-electron chi connectivity index (χ4n) is 0.437. The third kappa shape index (κ3) is 4.94. The van der Waals surface area contributed by atoms with Crippen LogP contribution in [0.2, 0.25) is 0 Å². The van der Waals surface area contributed by atoms with E-state index < -0.39 is 18.1 Å². The Morgan fingerprint density at radius 2 is 1.27 bits per heavy atom. The molecule has 0 saturated heterocycles. The summed E-state index contributed by atoms with van der Waals surface area (Å²) in [5.74, 6) is -2.20. The first-order chi connectivity index (χ1) is 6.65. The van der Waals surface area contributed by atoms with Crippen molar-refractivity contribution in [1.29, 1.82) is 0 Å². The molecule has 0 rings (SSSR count). The van der Waals surface area contributed by atoms with E-state index in [-0.39, 0.29) is 11.1 Å². The molecule has 0 aliphatic heterocycles. The van der Waals surface area contributed by atoms with Crippen LogP contribution in [0.4, 0.5) is 0 Å². The van der Waals surface area contributed by atoms with Gasteiger partial charge in [0.1, 0.15) is 0 Å². The summed E-state index contributed by atoms with van der Waals surface area (Å²) in [5.41, 5.74) is -0.150. The van der Waals surface area contributed by atoms with Crippen molar-refractivity contribution in [2.45, 2.75) is 20.0 Å². The van der Waals surface area contributed by atoms with Crippen molar-refractivity contribution in [3.8, 4) is 0 Å². The molecule has 6 heteroatoms. The summed E-state index contributed by atoms with van der Waals surface area (Å²) < 4.78 is 8.02. The molecule has 0 aromatic carbocycles. The van der Waals surface area contributed by atoms with Crippen LogP contribution in [-0.2, 0) is 19.1 Å². The zero-order chi connectivity index (χ0) is 12.2. The summed E-state index contributed by atoms with van der Waals surface area (Å²) in [4.78, 5) is 21.7. The Kier molecular flexibility index (Phi) is 4.20. The van der Waals surface area contributed by atoms with E-state index >= 15 is 0 Å². The minimum Gasteiger partial charge on any atom is -0.370 e. The van der Waals surface area contributed by atoms with Gasteiger partial charge in [0.25, 0.3) is 0 Å². The van der Waals surface area contributed by atoms with Gasteiger partial charge >= 0.3 is 18.1 Å². The molecule has 0 heterocycles.